The molecule has 1 aliphatic rings. The van der Waals surface area contributed by atoms with Crippen LogP contribution < -0.4 is 11.1 Å². The van der Waals surface area contributed by atoms with Gasteiger partial charge in [0, 0.05) is 0 Å². The molecule has 1 heterocycles. The second kappa shape index (κ2) is 7.29. The van der Waals surface area contributed by atoms with Gasteiger partial charge in [-0.25, -0.2) is 4.99 Å². The average Bonchev–Trinajstić information content (AvgIpc) is 2.86. The van der Waals surface area contributed by atoms with Crippen LogP contribution in [0.1, 0.15) is 56.3 Å². The fourth-order valence-electron chi connectivity index (χ4n) is 2.45. The maximum atomic E-state index is 5.69. The van der Waals surface area contributed by atoms with Crippen molar-refractivity contribution in [1.82, 2.24) is 5.32 Å². The maximum Gasteiger partial charge on any atom is 0.127 e. The Hall–Kier alpha value is -1.35. The Bertz CT molecular complexity index is 409. The number of nitrogens with one attached hydrogen (secondary N) is 1. The number of hydrogen-bond donors (Lipinski definition) is 2. The molecule has 0 fully saturated rings. The van der Waals surface area contributed by atoms with E-state index < -0.39 is 0 Å². The summed E-state index contributed by atoms with van der Waals surface area (Å²) in [5.74, 6) is 0.699. The first-order chi connectivity index (χ1) is 9.29. The van der Waals surface area contributed by atoms with Crippen molar-refractivity contribution >= 4 is 5.84 Å². The molecule has 0 spiro atoms. The number of amidine groups is 1. The first-order valence-corrected chi connectivity index (χ1v) is 7.44. The Balaban J connectivity index is 1.78. The van der Waals surface area contributed by atoms with E-state index in [2.05, 4.69) is 41.5 Å². The highest BCUT2D eigenvalue weighted by Crippen LogP contribution is 2.18. The molecule has 0 bridgehead atoms. The van der Waals surface area contributed by atoms with Gasteiger partial charge in [0.05, 0.1) is 6.54 Å². The Kier molecular flexibility index (Phi) is 5.40. The van der Waals surface area contributed by atoms with Gasteiger partial charge in [0.15, 0.2) is 0 Å². The summed E-state index contributed by atoms with van der Waals surface area (Å²) in [4.78, 5) is 4.37. The molecule has 0 aliphatic carbocycles. The van der Waals surface area contributed by atoms with Crippen molar-refractivity contribution < 1.29 is 0 Å². The van der Waals surface area contributed by atoms with Gasteiger partial charge in [-0.3, -0.25) is 5.32 Å². The van der Waals surface area contributed by atoms with Crippen LogP contribution in [0.5, 0.6) is 0 Å². The zero-order chi connectivity index (χ0) is 13.5. The molecule has 0 saturated carbocycles. The van der Waals surface area contributed by atoms with E-state index in [4.69, 9.17) is 5.73 Å². The molecule has 3 nitrogen and oxygen atoms in total. The van der Waals surface area contributed by atoms with Crippen LogP contribution in [0.15, 0.2) is 29.3 Å². The van der Waals surface area contributed by atoms with Crippen LogP contribution in [0.25, 0.3) is 0 Å². The summed E-state index contributed by atoms with van der Waals surface area (Å²) < 4.78 is 0. The molecule has 3 N–H and O–H groups in total. The normalized spacial score (nSPS) is 18.6. The molecular formula is C16H25N3. The predicted molar refractivity (Wildman–Crippen MR) is 81.3 cm³/mol. The fraction of sp³-hybridized carbons (Fsp3) is 0.562. The Morgan fingerprint density at radius 2 is 1.89 bits per heavy atom. The van der Waals surface area contributed by atoms with Crippen molar-refractivity contribution in [2.24, 2.45) is 10.7 Å². The average molecular weight is 259 g/mol. The number of hydrogen-bond acceptors (Lipinski definition) is 3. The van der Waals surface area contributed by atoms with Crippen LogP contribution >= 0.6 is 0 Å². The summed E-state index contributed by atoms with van der Waals surface area (Å²) in [5, 5.41) is 3.28. The van der Waals surface area contributed by atoms with E-state index in [0.29, 0.717) is 12.4 Å². The van der Waals surface area contributed by atoms with E-state index in [1.54, 1.807) is 0 Å². The molecule has 1 atom stereocenters. The molecule has 1 aliphatic heterocycles. The van der Waals surface area contributed by atoms with Gasteiger partial charge in [0.1, 0.15) is 12.0 Å². The number of rotatable bonds is 7. The highest BCUT2D eigenvalue weighted by Gasteiger charge is 2.15. The quantitative estimate of drug-likeness (QED) is 0.739. The van der Waals surface area contributed by atoms with Gasteiger partial charge in [-0.15, -0.1) is 0 Å². The highest BCUT2D eigenvalue weighted by atomic mass is 15.2. The number of nitrogens with two attached hydrogens (primary N) is 1. The molecule has 2 rings (SSSR count). The lowest BCUT2D eigenvalue weighted by molar-refractivity contribution is 0.630. The standard InChI is InChI=1S/C16H25N3/c1-2-3-4-5-6-7-13-8-10-14(11-9-13)16-18-12-15(17)19-16/h8-11,16,18H,2-7,12H2,1H3,(H2,17,19). The maximum absolute atomic E-state index is 5.69. The third-order valence-corrected chi connectivity index (χ3v) is 3.64. The smallest absolute Gasteiger partial charge is 0.127 e. The van der Waals surface area contributed by atoms with Gasteiger partial charge in [-0.1, -0.05) is 56.9 Å². The van der Waals surface area contributed by atoms with Crippen LogP contribution in [-0.4, -0.2) is 12.4 Å². The molecule has 104 valence electrons. The minimum absolute atomic E-state index is 0.0543. The zero-order valence-electron chi connectivity index (χ0n) is 11.9. The minimum Gasteiger partial charge on any atom is -0.386 e. The third kappa shape index (κ3) is 4.35. The molecule has 1 aromatic carbocycles. The van der Waals surface area contributed by atoms with Crippen LogP contribution in [0.2, 0.25) is 0 Å². The van der Waals surface area contributed by atoms with Crippen molar-refractivity contribution in [1.29, 1.82) is 0 Å². The fourth-order valence-corrected chi connectivity index (χ4v) is 2.45. The van der Waals surface area contributed by atoms with Crippen LogP contribution in [0.4, 0.5) is 0 Å². The molecule has 0 aromatic heterocycles. The number of benzene rings is 1. The second-order valence-corrected chi connectivity index (χ2v) is 5.31. The predicted octanol–water partition coefficient (Wildman–Crippen LogP) is 3.16. The van der Waals surface area contributed by atoms with E-state index in [1.165, 1.54) is 49.7 Å². The van der Waals surface area contributed by atoms with Gasteiger partial charge in [-0.2, -0.15) is 0 Å². The van der Waals surface area contributed by atoms with Gasteiger partial charge in [0.2, 0.25) is 0 Å². The lowest BCUT2D eigenvalue weighted by atomic mass is 10.0. The topological polar surface area (TPSA) is 50.4 Å². The largest absolute Gasteiger partial charge is 0.386 e. The second-order valence-electron chi connectivity index (χ2n) is 5.31. The molecule has 0 amide bonds. The summed E-state index contributed by atoms with van der Waals surface area (Å²) >= 11 is 0. The number of nitrogens with zero attached hydrogens (tertiary/aromatic N) is 1. The van der Waals surface area contributed by atoms with Crippen LogP contribution in [0.3, 0.4) is 0 Å². The van der Waals surface area contributed by atoms with Crippen molar-refractivity contribution in [2.45, 2.75) is 51.6 Å². The van der Waals surface area contributed by atoms with Gasteiger partial charge < -0.3 is 5.73 Å². The first-order valence-electron chi connectivity index (χ1n) is 7.44. The molecule has 0 saturated heterocycles. The molecule has 1 unspecified atom stereocenters. The minimum atomic E-state index is 0.0543. The molecular weight excluding hydrogens is 234 g/mol. The zero-order valence-corrected chi connectivity index (χ0v) is 11.9. The summed E-state index contributed by atoms with van der Waals surface area (Å²) in [6, 6.07) is 8.78. The number of unbranched alkanes of at least 4 members (excludes halogenated alkanes) is 4. The summed E-state index contributed by atoms with van der Waals surface area (Å²) in [6.07, 6.45) is 7.94. The van der Waals surface area contributed by atoms with Crippen LogP contribution in [0, 0.1) is 0 Å². The monoisotopic (exact) mass is 259 g/mol. The van der Waals surface area contributed by atoms with Gasteiger partial charge in [-0.05, 0) is 24.0 Å². The lowest BCUT2D eigenvalue weighted by Gasteiger charge is -2.09. The van der Waals surface area contributed by atoms with E-state index >= 15 is 0 Å². The molecule has 3 heteroatoms. The first kappa shape index (κ1) is 14.1. The van der Waals surface area contributed by atoms with Crippen LogP contribution in [-0.2, 0) is 6.42 Å². The highest BCUT2D eigenvalue weighted by molar-refractivity contribution is 5.84. The van der Waals surface area contributed by atoms with E-state index in [0.717, 1.165) is 0 Å². The molecule has 19 heavy (non-hydrogen) atoms. The SMILES string of the molecule is CCCCCCCc1ccc(C2N=C(N)CN2)cc1. The summed E-state index contributed by atoms with van der Waals surface area (Å²) in [7, 11) is 0. The van der Waals surface area contributed by atoms with Crippen molar-refractivity contribution in [3.8, 4) is 0 Å². The number of aryl methyl sites for hydroxylation is 1. The van der Waals surface area contributed by atoms with Crippen molar-refractivity contribution in [3.05, 3.63) is 35.4 Å². The summed E-state index contributed by atoms with van der Waals surface area (Å²) in [6.45, 7) is 2.95. The van der Waals surface area contributed by atoms with Gasteiger partial charge >= 0.3 is 0 Å². The van der Waals surface area contributed by atoms with Gasteiger partial charge in [0.25, 0.3) is 0 Å². The van der Waals surface area contributed by atoms with E-state index in [-0.39, 0.29) is 6.17 Å². The summed E-state index contributed by atoms with van der Waals surface area (Å²) in [5.41, 5.74) is 8.32. The Morgan fingerprint density at radius 3 is 2.53 bits per heavy atom. The lowest BCUT2D eigenvalue weighted by Crippen LogP contribution is -2.21. The van der Waals surface area contributed by atoms with E-state index in [9.17, 15) is 0 Å². The Morgan fingerprint density at radius 1 is 1.16 bits per heavy atom. The third-order valence-electron chi connectivity index (χ3n) is 3.64. The van der Waals surface area contributed by atoms with Crippen molar-refractivity contribution in [2.75, 3.05) is 6.54 Å². The van der Waals surface area contributed by atoms with Crippen molar-refractivity contribution in [3.63, 3.8) is 0 Å². The number of aliphatic imine (C=N–C) groups is 1. The Labute approximate surface area is 116 Å². The molecule has 1 aromatic rings. The molecule has 0 radical (unpaired) electrons. The van der Waals surface area contributed by atoms with E-state index in [1.807, 2.05) is 0 Å².